The first-order chi connectivity index (χ1) is 7.15. The van der Waals surface area contributed by atoms with Crippen molar-refractivity contribution >= 4 is 0 Å². The van der Waals surface area contributed by atoms with Crippen molar-refractivity contribution in [3.63, 3.8) is 0 Å². The monoisotopic (exact) mass is 217 g/mol. The van der Waals surface area contributed by atoms with Crippen LogP contribution in [-0.4, -0.2) is 50.0 Å². The number of azide groups is 1. The van der Waals surface area contributed by atoms with E-state index in [0.29, 0.717) is 0 Å². The number of aliphatic hydroxyl groups is 1. The average molecular weight is 217 g/mol. The smallest absolute Gasteiger partial charge is 0.186 e. The van der Waals surface area contributed by atoms with E-state index in [2.05, 4.69) is 10.0 Å². The predicted molar refractivity (Wildman–Crippen MR) is 51.1 cm³/mol. The van der Waals surface area contributed by atoms with Gasteiger partial charge in [0, 0.05) is 19.1 Å². The summed E-state index contributed by atoms with van der Waals surface area (Å²) >= 11 is 0. The SMILES string of the molecule is CO[C@H]1O[C@H](C)[C@@H](N=[N+]=[N-])[C@H](O)[C@H]1OC. The molecular formula is C8H15N3O4. The third kappa shape index (κ3) is 2.39. The van der Waals surface area contributed by atoms with Gasteiger partial charge in [0.25, 0.3) is 0 Å². The van der Waals surface area contributed by atoms with Crippen molar-refractivity contribution < 1.29 is 19.3 Å². The molecule has 5 atom stereocenters. The molecule has 1 heterocycles. The summed E-state index contributed by atoms with van der Waals surface area (Å²) in [6.45, 7) is 1.71. The summed E-state index contributed by atoms with van der Waals surface area (Å²) in [7, 11) is 2.90. The topological polar surface area (TPSA) is 96.7 Å². The lowest BCUT2D eigenvalue weighted by atomic mass is 9.98. The highest BCUT2D eigenvalue weighted by atomic mass is 16.7. The van der Waals surface area contributed by atoms with Crippen molar-refractivity contribution in [1.82, 2.24) is 0 Å². The first-order valence-electron chi connectivity index (χ1n) is 4.59. The molecule has 7 nitrogen and oxygen atoms in total. The maximum atomic E-state index is 9.88. The van der Waals surface area contributed by atoms with Crippen LogP contribution >= 0.6 is 0 Å². The Kier molecular flexibility index (Phi) is 4.31. The minimum Gasteiger partial charge on any atom is -0.390 e. The van der Waals surface area contributed by atoms with E-state index in [1.807, 2.05) is 0 Å². The van der Waals surface area contributed by atoms with Crippen LogP contribution < -0.4 is 0 Å². The quantitative estimate of drug-likeness (QED) is 0.421. The summed E-state index contributed by atoms with van der Waals surface area (Å²) in [5.74, 6) is 0. The van der Waals surface area contributed by atoms with Crippen molar-refractivity contribution in [3.8, 4) is 0 Å². The first kappa shape index (κ1) is 12.2. The molecule has 0 aromatic rings. The largest absolute Gasteiger partial charge is 0.390 e. The normalized spacial score (nSPS) is 40.9. The number of hydrogen-bond donors (Lipinski definition) is 1. The van der Waals surface area contributed by atoms with Gasteiger partial charge in [0.05, 0.1) is 18.2 Å². The first-order valence-corrected chi connectivity index (χ1v) is 4.59. The van der Waals surface area contributed by atoms with Crippen LogP contribution in [0.1, 0.15) is 6.92 Å². The highest BCUT2D eigenvalue weighted by molar-refractivity contribution is 4.93. The second kappa shape index (κ2) is 5.29. The molecule has 0 unspecified atom stereocenters. The van der Waals surface area contributed by atoms with Crippen LogP contribution in [0.4, 0.5) is 0 Å². The van der Waals surface area contributed by atoms with Gasteiger partial charge in [-0.15, -0.1) is 0 Å². The lowest BCUT2D eigenvalue weighted by molar-refractivity contribution is -0.266. The van der Waals surface area contributed by atoms with Crippen molar-refractivity contribution in [2.45, 2.75) is 37.6 Å². The molecule has 1 saturated heterocycles. The molecule has 0 bridgehead atoms. The molecule has 0 aromatic heterocycles. The molecule has 1 N–H and O–H groups in total. The lowest BCUT2D eigenvalue weighted by Gasteiger charge is -2.40. The van der Waals surface area contributed by atoms with Crippen LogP contribution in [0.5, 0.6) is 0 Å². The summed E-state index contributed by atoms with van der Waals surface area (Å²) in [5, 5.41) is 13.4. The second-order valence-corrected chi connectivity index (χ2v) is 3.33. The fourth-order valence-corrected chi connectivity index (χ4v) is 1.66. The molecule has 0 aromatic carbocycles. The highest BCUT2D eigenvalue weighted by Gasteiger charge is 2.43. The maximum Gasteiger partial charge on any atom is 0.186 e. The number of rotatable bonds is 3. The van der Waals surface area contributed by atoms with Crippen LogP contribution in [0, 0.1) is 0 Å². The van der Waals surface area contributed by atoms with E-state index in [-0.39, 0.29) is 0 Å². The molecule has 0 saturated carbocycles. The van der Waals surface area contributed by atoms with Crippen LogP contribution in [0.3, 0.4) is 0 Å². The average Bonchev–Trinajstić information content (AvgIpc) is 2.23. The number of ether oxygens (including phenoxy) is 3. The van der Waals surface area contributed by atoms with Gasteiger partial charge in [0.15, 0.2) is 6.29 Å². The number of aliphatic hydroxyl groups excluding tert-OH is 1. The van der Waals surface area contributed by atoms with Gasteiger partial charge in [0.2, 0.25) is 0 Å². The Hall–Kier alpha value is -0.850. The molecule has 1 rings (SSSR count). The Bertz CT molecular complexity index is 256. The molecule has 86 valence electrons. The van der Waals surface area contributed by atoms with Crippen molar-refractivity contribution in [2.75, 3.05) is 14.2 Å². The summed E-state index contributed by atoms with van der Waals surface area (Å²) in [4.78, 5) is 2.67. The molecule has 1 aliphatic heterocycles. The van der Waals surface area contributed by atoms with Gasteiger partial charge in [-0.25, -0.2) is 0 Å². The molecule has 7 heteroatoms. The molecule has 1 aliphatic rings. The summed E-state index contributed by atoms with van der Waals surface area (Å²) in [6, 6.07) is -0.661. The lowest BCUT2D eigenvalue weighted by Crippen LogP contribution is -2.57. The molecule has 0 radical (unpaired) electrons. The van der Waals surface area contributed by atoms with Crippen LogP contribution in [0.15, 0.2) is 5.11 Å². The highest BCUT2D eigenvalue weighted by Crippen LogP contribution is 2.25. The van der Waals surface area contributed by atoms with Crippen LogP contribution in [-0.2, 0) is 14.2 Å². The summed E-state index contributed by atoms with van der Waals surface area (Å²) in [5.41, 5.74) is 8.36. The Balaban J connectivity index is 2.83. The molecular weight excluding hydrogens is 202 g/mol. The van der Waals surface area contributed by atoms with E-state index in [1.54, 1.807) is 6.92 Å². The van der Waals surface area contributed by atoms with Crippen molar-refractivity contribution in [2.24, 2.45) is 5.11 Å². The Labute approximate surface area is 87.6 Å². The van der Waals surface area contributed by atoms with E-state index in [9.17, 15) is 5.11 Å². The number of methoxy groups -OCH3 is 2. The van der Waals surface area contributed by atoms with Gasteiger partial charge in [0.1, 0.15) is 6.10 Å². The minimum absolute atomic E-state index is 0.410. The van der Waals surface area contributed by atoms with Gasteiger partial charge in [-0.1, -0.05) is 5.11 Å². The fourth-order valence-electron chi connectivity index (χ4n) is 1.66. The van der Waals surface area contributed by atoms with Gasteiger partial charge >= 0.3 is 0 Å². The van der Waals surface area contributed by atoms with E-state index < -0.39 is 30.6 Å². The Morgan fingerprint density at radius 2 is 2.07 bits per heavy atom. The van der Waals surface area contributed by atoms with E-state index in [0.717, 1.165) is 0 Å². The van der Waals surface area contributed by atoms with Gasteiger partial charge in [-0.05, 0) is 12.5 Å². The van der Waals surface area contributed by atoms with E-state index in [4.69, 9.17) is 19.7 Å². The van der Waals surface area contributed by atoms with Crippen LogP contribution in [0.25, 0.3) is 10.4 Å². The summed E-state index contributed by atoms with van der Waals surface area (Å²) in [6.07, 6.45) is -2.64. The van der Waals surface area contributed by atoms with Crippen LogP contribution in [0.2, 0.25) is 0 Å². The van der Waals surface area contributed by atoms with Gasteiger partial charge in [-0.2, -0.15) is 0 Å². The zero-order valence-electron chi connectivity index (χ0n) is 8.90. The van der Waals surface area contributed by atoms with Crippen molar-refractivity contribution in [1.29, 1.82) is 0 Å². The Morgan fingerprint density at radius 3 is 2.53 bits per heavy atom. The predicted octanol–water partition coefficient (Wildman–Crippen LogP) is 0.432. The van der Waals surface area contributed by atoms with Gasteiger partial charge < -0.3 is 19.3 Å². The number of nitrogens with zero attached hydrogens (tertiary/aromatic N) is 3. The van der Waals surface area contributed by atoms with Gasteiger partial charge in [-0.3, -0.25) is 0 Å². The molecule has 15 heavy (non-hydrogen) atoms. The molecule has 0 spiro atoms. The molecule has 0 amide bonds. The van der Waals surface area contributed by atoms with Crippen molar-refractivity contribution in [3.05, 3.63) is 10.4 Å². The molecule has 1 fully saturated rings. The van der Waals surface area contributed by atoms with E-state index in [1.165, 1.54) is 14.2 Å². The zero-order valence-corrected chi connectivity index (χ0v) is 8.90. The fraction of sp³-hybridized carbons (Fsp3) is 1.00. The standard InChI is InChI=1S/C8H15N3O4/c1-4-5(10-11-9)6(12)7(13-2)8(14-3)15-4/h4-8,12H,1-3H3/t4-,5-,6+,7-,8+/m1/s1. The van der Waals surface area contributed by atoms with E-state index >= 15 is 0 Å². The third-order valence-electron chi connectivity index (χ3n) is 2.47. The Morgan fingerprint density at radius 1 is 1.40 bits per heavy atom. The second-order valence-electron chi connectivity index (χ2n) is 3.33. The summed E-state index contributed by atoms with van der Waals surface area (Å²) < 4.78 is 15.5. The minimum atomic E-state index is -0.931. The molecule has 0 aliphatic carbocycles. The maximum absolute atomic E-state index is 9.88. The third-order valence-corrected chi connectivity index (χ3v) is 2.47. The zero-order chi connectivity index (χ0) is 11.4. The number of hydrogen-bond acceptors (Lipinski definition) is 5.